The molecule has 0 aromatic rings. The second-order valence-corrected chi connectivity index (χ2v) is 7.95. The molecule has 2 aliphatic rings. The highest BCUT2D eigenvalue weighted by atomic mass is 32.2. The largest absolute Gasteiger partial charge is 0.477 e. The van der Waals surface area contributed by atoms with Crippen molar-refractivity contribution >= 4 is 16.0 Å². The standard InChI is InChI=1S/C12H19F2NO5S/c13-12(14,10(16)17)11(18)4-6-15(7-5-11)21(19,20)8-3-9-1-2-9/h9,18H,1-8H2,(H,16,17). The minimum absolute atomic E-state index is 0.0224. The number of piperidine rings is 1. The average molecular weight is 327 g/mol. The molecule has 2 fully saturated rings. The number of nitrogens with zero attached hydrogens (tertiary/aromatic N) is 1. The SMILES string of the molecule is O=C(O)C(F)(F)C1(O)CCN(S(=O)(=O)CCC2CC2)CC1. The summed E-state index contributed by atoms with van der Waals surface area (Å²) in [5, 5.41) is 18.3. The molecule has 0 atom stereocenters. The molecule has 122 valence electrons. The number of alkyl halides is 2. The molecule has 21 heavy (non-hydrogen) atoms. The molecule has 1 saturated heterocycles. The van der Waals surface area contributed by atoms with Gasteiger partial charge in [0.1, 0.15) is 5.60 Å². The van der Waals surface area contributed by atoms with Gasteiger partial charge in [-0.25, -0.2) is 17.5 Å². The average Bonchev–Trinajstić information content (AvgIpc) is 3.20. The quantitative estimate of drug-likeness (QED) is 0.747. The summed E-state index contributed by atoms with van der Waals surface area (Å²) in [7, 11) is -3.52. The molecule has 1 aliphatic carbocycles. The van der Waals surface area contributed by atoms with Gasteiger partial charge in [-0.3, -0.25) is 0 Å². The highest BCUT2D eigenvalue weighted by Crippen LogP contribution is 2.38. The van der Waals surface area contributed by atoms with Gasteiger partial charge in [0.15, 0.2) is 0 Å². The predicted molar refractivity (Wildman–Crippen MR) is 69.5 cm³/mol. The van der Waals surface area contributed by atoms with E-state index in [1.54, 1.807) is 0 Å². The maximum Gasteiger partial charge on any atom is 0.377 e. The highest BCUT2D eigenvalue weighted by molar-refractivity contribution is 7.89. The van der Waals surface area contributed by atoms with Gasteiger partial charge in [-0.05, 0) is 25.2 Å². The Kier molecular flexibility index (Phi) is 4.29. The summed E-state index contributed by atoms with van der Waals surface area (Å²) < 4.78 is 52.1. The fourth-order valence-electron chi connectivity index (χ4n) is 2.50. The zero-order valence-corrected chi connectivity index (χ0v) is 12.3. The highest BCUT2D eigenvalue weighted by Gasteiger charge is 2.60. The van der Waals surface area contributed by atoms with Gasteiger partial charge in [0.25, 0.3) is 0 Å². The van der Waals surface area contributed by atoms with Crippen molar-refractivity contribution in [2.75, 3.05) is 18.8 Å². The number of aliphatic hydroxyl groups is 1. The molecule has 0 aromatic carbocycles. The monoisotopic (exact) mass is 327 g/mol. The fraction of sp³-hybridized carbons (Fsp3) is 0.917. The fourth-order valence-corrected chi connectivity index (χ4v) is 4.13. The van der Waals surface area contributed by atoms with Crippen molar-refractivity contribution in [2.45, 2.75) is 43.6 Å². The number of hydrogen-bond acceptors (Lipinski definition) is 4. The Morgan fingerprint density at radius 2 is 1.81 bits per heavy atom. The van der Waals surface area contributed by atoms with E-state index in [9.17, 15) is 27.1 Å². The molecule has 0 radical (unpaired) electrons. The number of sulfonamides is 1. The number of hydrogen-bond donors (Lipinski definition) is 2. The lowest BCUT2D eigenvalue weighted by Crippen LogP contribution is -2.59. The van der Waals surface area contributed by atoms with Crippen LogP contribution in [0.5, 0.6) is 0 Å². The molecule has 0 unspecified atom stereocenters. The van der Waals surface area contributed by atoms with Gasteiger partial charge in [-0.2, -0.15) is 8.78 Å². The van der Waals surface area contributed by atoms with E-state index in [1.807, 2.05) is 0 Å². The minimum Gasteiger partial charge on any atom is -0.477 e. The summed E-state index contributed by atoms with van der Waals surface area (Å²) >= 11 is 0. The van der Waals surface area contributed by atoms with Crippen LogP contribution in [-0.2, 0) is 14.8 Å². The van der Waals surface area contributed by atoms with E-state index in [2.05, 4.69) is 0 Å². The third-order valence-electron chi connectivity index (χ3n) is 4.28. The van der Waals surface area contributed by atoms with E-state index in [0.29, 0.717) is 12.3 Å². The van der Waals surface area contributed by atoms with Crippen molar-refractivity contribution < 1.29 is 32.2 Å². The third-order valence-corrected chi connectivity index (χ3v) is 6.18. The summed E-state index contributed by atoms with van der Waals surface area (Å²) in [4.78, 5) is 10.5. The Hall–Kier alpha value is -0.800. The zero-order valence-electron chi connectivity index (χ0n) is 11.5. The molecule has 0 bridgehead atoms. The molecule has 1 heterocycles. The first kappa shape index (κ1) is 16.6. The van der Waals surface area contributed by atoms with Crippen molar-refractivity contribution in [3.63, 3.8) is 0 Å². The molecule has 2 rings (SSSR count). The summed E-state index contributed by atoms with van der Waals surface area (Å²) in [6, 6.07) is 0. The van der Waals surface area contributed by atoms with Crippen molar-refractivity contribution in [1.82, 2.24) is 4.31 Å². The summed E-state index contributed by atoms with van der Waals surface area (Å²) in [6.45, 7) is -0.571. The Bertz CT molecular complexity index is 510. The number of rotatable bonds is 6. The number of halogens is 2. The lowest BCUT2D eigenvalue weighted by Gasteiger charge is -2.40. The van der Waals surface area contributed by atoms with Gasteiger partial charge >= 0.3 is 11.9 Å². The lowest BCUT2D eigenvalue weighted by molar-refractivity contribution is -0.216. The maximum absolute atomic E-state index is 13.5. The van der Waals surface area contributed by atoms with Crippen LogP contribution in [-0.4, -0.2) is 59.3 Å². The van der Waals surface area contributed by atoms with E-state index in [4.69, 9.17) is 5.11 Å². The Labute approximate surface area is 121 Å². The molecular weight excluding hydrogens is 308 g/mol. The van der Waals surface area contributed by atoms with Crippen molar-refractivity contribution in [1.29, 1.82) is 0 Å². The Balaban J connectivity index is 1.97. The first-order valence-corrected chi connectivity index (χ1v) is 8.51. The minimum atomic E-state index is -4.28. The van der Waals surface area contributed by atoms with Gasteiger partial charge in [-0.15, -0.1) is 0 Å². The number of aliphatic carboxylic acids is 1. The molecular formula is C12H19F2NO5S. The van der Waals surface area contributed by atoms with Crippen LogP contribution in [0.15, 0.2) is 0 Å². The van der Waals surface area contributed by atoms with Crippen LogP contribution >= 0.6 is 0 Å². The smallest absolute Gasteiger partial charge is 0.377 e. The zero-order chi connectivity index (χ0) is 15.9. The lowest BCUT2D eigenvalue weighted by atomic mass is 9.86. The molecule has 0 amide bonds. The summed E-state index contributed by atoms with van der Waals surface area (Å²) in [5.74, 6) is -6.25. The molecule has 9 heteroatoms. The molecule has 2 N–H and O–H groups in total. The van der Waals surface area contributed by atoms with Crippen LogP contribution in [0.4, 0.5) is 8.78 Å². The van der Waals surface area contributed by atoms with E-state index < -0.39 is 40.4 Å². The van der Waals surface area contributed by atoms with Crippen LogP contribution in [0.3, 0.4) is 0 Å². The molecule has 0 spiro atoms. The summed E-state index contributed by atoms with van der Waals surface area (Å²) in [6.07, 6.45) is 1.44. The second kappa shape index (κ2) is 5.44. The molecule has 1 saturated carbocycles. The Morgan fingerprint density at radius 3 is 2.24 bits per heavy atom. The third kappa shape index (κ3) is 3.35. The molecule has 0 aromatic heterocycles. The van der Waals surface area contributed by atoms with Crippen LogP contribution < -0.4 is 0 Å². The number of carboxylic acid groups (broad SMARTS) is 1. The van der Waals surface area contributed by atoms with Crippen molar-refractivity contribution in [3.8, 4) is 0 Å². The normalized spacial score (nSPS) is 24.0. The van der Waals surface area contributed by atoms with Gasteiger partial charge < -0.3 is 10.2 Å². The van der Waals surface area contributed by atoms with E-state index in [1.165, 1.54) is 0 Å². The maximum atomic E-state index is 13.5. The topological polar surface area (TPSA) is 94.9 Å². The van der Waals surface area contributed by atoms with E-state index in [-0.39, 0.29) is 18.8 Å². The first-order valence-electron chi connectivity index (χ1n) is 6.90. The summed E-state index contributed by atoms with van der Waals surface area (Å²) in [5.41, 5.74) is -2.69. The van der Waals surface area contributed by atoms with E-state index >= 15 is 0 Å². The number of carboxylic acids is 1. The molecule has 6 nitrogen and oxygen atoms in total. The van der Waals surface area contributed by atoms with Crippen LogP contribution in [0.1, 0.15) is 32.1 Å². The predicted octanol–water partition coefficient (Wildman–Crippen LogP) is 0.663. The van der Waals surface area contributed by atoms with Gasteiger partial charge in [0, 0.05) is 13.1 Å². The first-order chi connectivity index (χ1) is 9.58. The van der Waals surface area contributed by atoms with Crippen LogP contribution in [0.25, 0.3) is 0 Å². The van der Waals surface area contributed by atoms with E-state index in [0.717, 1.165) is 17.1 Å². The van der Waals surface area contributed by atoms with Crippen molar-refractivity contribution in [3.05, 3.63) is 0 Å². The van der Waals surface area contributed by atoms with Crippen LogP contribution in [0.2, 0.25) is 0 Å². The van der Waals surface area contributed by atoms with Crippen LogP contribution in [0, 0.1) is 5.92 Å². The number of carbonyl (C=O) groups is 1. The Morgan fingerprint density at radius 1 is 1.29 bits per heavy atom. The van der Waals surface area contributed by atoms with Gasteiger partial charge in [-0.1, -0.05) is 12.8 Å². The second-order valence-electron chi connectivity index (χ2n) is 5.86. The van der Waals surface area contributed by atoms with Gasteiger partial charge in [0.05, 0.1) is 5.75 Å². The van der Waals surface area contributed by atoms with Crippen molar-refractivity contribution in [2.24, 2.45) is 5.92 Å². The van der Waals surface area contributed by atoms with Gasteiger partial charge in [0.2, 0.25) is 10.0 Å². The molecule has 1 aliphatic heterocycles.